The number of rotatable bonds is 6. The predicted octanol–water partition coefficient (Wildman–Crippen LogP) is 4.63. The van der Waals surface area contributed by atoms with Gasteiger partial charge in [-0.25, -0.2) is 0 Å². The summed E-state index contributed by atoms with van der Waals surface area (Å²) in [5, 5.41) is 2.83. The summed E-state index contributed by atoms with van der Waals surface area (Å²) in [7, 11) is 0. The molecule has 0 bridgehead atoms. The molecule has 0 aliphatic heterocycles. The van der Waals surface area contributed by atoms with E-state index in [9.17, 15) is 4.79 Å². The zero-order chi connectivity index (χ0) is 14.7. The quantitative estimate of drug-likeness (QED) is 0.743. The van der Waals surface area contributed by atoms with Crippen LogP contribution >= 0.6 is 0 Å². The third-order valence-corrected chi connectivity index (χ3v) is 4.51. The highest BCUT2D eigenvalue weighted by Crippen LogP contribution is 2.37. The van der Waals surface area contributed by atoms with Gasteiger partial charge in [0.25, 0.3) is 0 Å². The molecule has 0 aliphatic rings. The Morgan fingerprint density at radius 3 is 2.11 bits per heavy atom. The average Bonchev–Trinajstić information content (AvgIpc) is 2.39. The van der Waals surface area contributed by atoms with Gasteiger partial charge in [0, 0.05) is 5.69 Å². The third kappa shape index (κ3) is 3.37. The Bertz CT molecular complexity index is 447. The van der Waals surface area contributed by atoms with Gasteiger partial charge in [-0.05, 0) is 40.9 Å². The van der Waals surface area contributed by atoms with Crippen molar-refractivity contribution >= 4 is 12.1 Å². The van der Waals surface area contributed by atoms with Gasteiger partial charge in [-0.15, -0.1) is 0 Å². The van der Waals surface area contributed by atoms with E-state index in [0.717, 1.165) is 24.9 Å². The van der Waals surface area contributed by atoms with E-state index < -0.39 is 0 Å². The predicted molar refractivity (Wildman–Crippen MR) is 82.8 cm³/mol. The lowest BCUT2D eigenvalue weighted by atomic mass is 9.76. The maximum atomic E-state index is 10.8. The molecule has 0 fully saturated rings. The zero-order valence-electron chi connectivity index (χ0n) is 13.1. The van der Waals surface area contributed by atoms with Crippen molar-refractivity contribution in [2.24, 2.45) is 0 Å². The van der Waals surface area contributed by atoms with Gasteiger partial charge >= 0.3 is 0 Å². The number of carbonyl (C=O) groups excluding carboxylic acids is 1. The number of hydrogen-bond donors (Lipinski definition) is 1. The molecule has 0 aromatic heterocycles. The van der Waals surface area contributed by atoms with Crippen LogP contribution in [0.1, 0.15) is 65.5 Å². The van der Waals surface area contributed by atoms with Gasteiger partial charge in [-0.2, -0.15) is 0 Å². The molecule has 1 aromatic rings. The van der Waals surface area contributed by atoms with E-state index in [1.165, 1.54) is 11.1 Å². The van der Waals surface area contributed by atoms with E-state index >= 15 is 0 Å². The molecule has 2 nitrogen and oxygen atoms in total. The van der Waals surface area contributed by atoms with Crippen LogP contribution in [0.25, 0.3) is 0 Å². The Hall–Kier alpha value is -1.31. The summed E-state index contributed by atoms with van der Waals surface area (Å²) in [6.07, 6.45) is 2.89. The van der Waals surface area contributed by atoms with Gasteiger partial charge in [0.15, 0.2) is 0 Å². The van der Waals surface area contributed by atoms with Crippen molar-refractivity contribution in [2.75, 3.05) is 5.32 Å². The van der Waals surface area contributed by atoms with Gasteiger partial charge in [0.2, 0.25) is 6.41 Å². The number of carbonyl (C=O) groups is 1. The highest BCUT2D eigenvalue weighted by atomic mass is 16.1. The summed E-state index contributed by atoms with van der Waals surface area (Å²) in [6.45, 7) is 13.4. The van der Waals surface area contributed by atoms with Crippen LogP contribution in [0, 0.1) is 0 Å². The summed E-state index contributed by atoms with van der Waals surface area (Å²) >= 11 is 0. The second kappa shape index (κ2) is 5.77. The van der Waals surface area contributed by atoms with Crippen LogP contribution in [0.2, 0.25) is 0 Å². The lowest BCUT2D eigenvalue weighted by Crippen LogP contribution is -2.21. The smallest absolute Gasteiger partial charge is 0.211 e. The van der Waals surface area contributed by atoms with Gasteiger partial charge in [-0.3, -0.25) is 4.79 Å². The molecule has 0 atom stereocenters. The Labute approximate surface area is 117 Å². The fourth-order valence-electron chi connectivity index (χ4n) is 2.11. The molecule has 2 heteroatoms. The molecule has 1 amide bonds. The maximum Gasteiger partial charge on any atom is 0.211 e. The third-order valence-electron chi connectivity index (χ3n) is 4.51. The molecule has 0 heterocycles. The largest absolute Gasteiger partial charge is 0.328 e. The maximum absolute atomic E-state index is 10.8. The number of nitrogens with one attached hydrogen (secondary N) is 1. The van der Waals surface area contributed by atoms with Crippen molar-refractivity contribution in [3.05, 3.63) is 29.3 Å². The Morgan fingerprint density at radius 1 is 1.05 bits per heavy atom. The first-order valence-corrected chi connectivity index (χ1v) is 7.13. The highest BCUT2D eigenvalue weighted by Gasteiger charge is 2.25. The number of hydrogen-bond acceptors (Lipinski definition) is 1. The molecule has 1 rings (SSSR count). The van der Waals surface area contributed by atoms with Gasteiger partial charge in [0.1, 0.15) is 0 Å². The van der Waals surface area contributed by atoms with Crippen LogP contribution in [-0.4, -0.2) is 6.41 Å². The second-order valence-corrected chi connectivity index (χ2v) is 6.50. The molecule has 0 unspecified atom stereocenters. The van der Waals surface area contributed by atoms with Crippen molar-refractivity contribution in [1.82, 2.24) is 0 Å². The molecule has 0 radical (unpaired) electrons. The molecule has 106 valence electrons. The van der Waals surface area contributed by atoms with E-state index in [0.29, 0.717) is 0 Å². The summed E-state index contributed by atoms with van der Waals surface area (Å²) in [4.78, 5) is 10.8. The molecule has 0 spiro atoms. The van der Waals surface area contributed by atoms with Crippen molar-refractivity contribution in [3.63, 3.8) is 0 Å². The van der Waals surface area contributed by atoms with E-state index in [4.69, 9.17) is 0 Å². The first-order valence-electron chi connectivity index (χ1n) is 7.13. The van der Waals surface area contributed by atoms with Crippen LogP contribution in [0.3, 0.4) is 0 Å². The first-order chi connectivity index (χ1) is 8.78. The van der Waals surface area contributed by atoms with Crippen LogP contribution in [0.4, 0.5) is 5.69 Å². The molecule has 0 saturated carbocycles. The van der Waals surface area contributed by atoms with Crippen LogP contribution in [0.5, 0.6) is 0 Å². The lowest BCUT2D eigenvalue weighted by molar-refractivity contribution is -0.105. The van der Waals surface area contributed by atoms with Crippen LogP contribution in [0.15, 0.2) is 18.2 Å². The normalized spacial score (nSPS) is 12.3. The van der Waals surface area contributed by atoms with Gasteiger partial charge in [-0.1, -0.05) is 53.7 Å². The van der Waals surface area contributed by atoms with E-state index in [2.05, 4.69) is 59.0 Å². The van der Waals surface area contributed by atoms with Crippen LogP contribution < -0.4 is 5.32 Å². The van der Waals surface area contributed by atoms with Crippen LogP contribution in [-0.2, 0) is 15.6 Å². The number of anilines is 1. The molecule has 19 heavy (non-hydrogen) atoms. The second-order valence-electron chi connectivity index (χ2n) is 6.50. The van der Waals surface area contributed by atoms with Crippen molar-refractivity contribution in [3.8, 4) is 0 Å². The Kier molecular flexibility index (Phi) is 4.78. The lowest BCUT2D eigenvalue weighted by Gasteiger charge is -2.30. The fraction of sp³-hybridized carbons (Fsp3) is 0.588. The molecule has 1 aromatic carbocycles. The van der Waals surface area contributed by atoms with Crippen molar-refractivity contribution in [1.29, 1.82) is 0 Å². The monoisotopic (exact) mass is 261 g/mol. The van der Waals surface area contributed by atoms with E-state index in [1.54, 1.807) is 0 Å². The fourth-order valence-corrected chi connectivity index (χ4v) is 2.11. The van der Waals surface area contributed by atoms with E-state index in [1.807, 2.05) is 6.07 Å². The highest BCUT2D eigenvalue weighted by molar-refractivity contribution is 5.74. The molecule has 1 N–H and O–H groups in total. The minimum atomic E-state index is 0.0607. The molecular weight excluding hydrogens is 234 g/mol. The van der Waals surface area contributed by atoms with Crippen molar-refractivity contribution in [2.45, 2.75) is 65.2 Å². The summed E-state index contributed by atoms with van der Waals surface area (Å²) in [5.74, 6) is 0. The SMILES string of the molecule is CCC(C)(C)c1ccc(NC=O)c(C(C)(C)CC)c1. The van der Waals surface area contributed by atoms with Gasteiger partial charge in [0.05, 0.1) is 0 Å². The molecular formula is C17H27NO. The summed E-state index contributed by atoms with van der Waals surface area (Å²) < 4.78 is 0. The topological polar surface area (TPSA) is 29.1 Å². The molecule has 0 saturated heterocycles. The van der Waals surface area contributed by atoms with E-state index in [-0.39, 0.29) is 10.8 Å². The summed E-state index contributed by atoms with van der Waals surface area (Å²) in [6, 6.07) is 6.43. The minimum Gasteiger partial charge on any atom is -0.328 e. The number of amides is 1. The average molecular weight is 261 g/mol. The first kappa shape index (κ1) is 15.7. The van der Waals surface area contributed by atoms with Crippen molar-refractivity contribution < 1.29 is 4.79 Å². The standard InChI is InChI=1S/C17H27NO/c1-7-16(3,4)13-9-10-15(18-12-19)14(11-13)17(5,6)8-2/h9-12H,7-8H2,1-6H3,(H,18,19). The minimum absolute atomic E-state index is 0.0607. The Morgan fingerprint density at radius 2 is 1.63 bits per heavy atom. The van der Waals surface area contributed by atoms with Gasteiger partial charge < -0.3 is 5.32 Å². The zero-order valence-corrected chi connectivity index (χ0v) is 13.1. The number of benzene rings is 1. The molecule has 0 aliphatic carbocycles. The Balaban J connectivity index is 3.38. The summed E-state index contributed by atoms with van der Waals surface area (Å²) in [5.41, 5.74) is 3.71.